The van der Waals surface area contributed by atoms with Gasteiger partial charge in [0, 0.05) is 17.2 Å². The predicted molar refractivity (Wildman–Crippen MR) is 52.0 cm³/mol. The zero-order valence-electron chi connectivity index (χ0n) is 7.37. The van der Waals surface area contributed by atoms with E-state index in [2.05, 4.69) is 0 Å². The maximum absolute atomic E-state index is 13.1. The van der Waals surface area contributed by atoms with Crippen molar-refractivity contribution in [2.75, 3.05) is 0 Å². The van der Waals surface area contributed by atoms with Crippen LogP contribution in [0.5, 0.6) is 0 Å². The van der Waals surface area contributed by atoms with Crippen molar-refractivity contribution in [1.82, 2.24) is 0 Å². The van der Waals surface area contributed by atoms with Crippen molar-refractivity contribution in [3.63, 3.8) is 0 Å². The molecule has 80 valence electrons. The molecule has 0 aliphatic rings. The van der Waals surface area contributed by atoms with Crippen molar-refractivity contribution < 1.29 is 12.8 Å². The first kappa shape index (κ1) is 11.9. The molecular formula is C8H6ClFN2O2S. The van der Waals surface area contributed by atoms with Crippen LogP contribution >= 0.6 is 10.7 Å². The third kappa shape index (κ3) is 2.26. The van der Waals surface area contributed by atoms with E-state index < -0.39 is 25.3 Å². The van der Waals surface area contributed by atoms with Crippen molar-refractivity contribution in [3.05, 3.63) is 29.1 Å². The van der Waals surface area contributed by atoms with Crippen LogP contribution in [0.25, 0.3) is 0 Å². The van der Waals surface area contributed by atoms with E-state index >= 15 is 0 Å². The van der Waals surface area contributed by atoms with Crippen LogP contribution in [-0.4, -0.2) is 8.42 Å². The number of rotatable bonds is 2. The minimum Gasteiger partial charge on any atom is -0.326 e. The van der Waals surface area contributed by atoms with Gasteiger partial charge in [-0.2, -0.15) is 5.26 Å². The Balaban J connectivity index is 3.73. The Morgan fingerprint density at radius 1 is 1.53 bits per heavy atom. The molecule has 0 saturated heterocycles. The van der Waals surface area contributed by atoms with Gasteiger partial charge in [0.1, 0.15) is 22.3 Å². The van der Waals surface area contributed by atoms with Crippen LogP contribution in [0.15, 0.2) is 17.0 Å². The molecule has 0 unspecified atom stereocenters. The molecule has 0 amide bonds. The summed E-state index contributed by atoms with van der Waals surface area (Å²) in [4.78, 5) is -0.547. The van der Waals surface area contributed by atoms with Gasteiger partial charge in [0.05, 0.1) is 0 Å². The first-order chi connectivity index (χ1) is 6.91. The fourth-order valence-electron chi connectivity index (χ4n) is 1.15. The summed E-state index contributed by atoms with van der Waals surface area (Å²) in [5, 5.41) is 8.63. The van der Waals surface area contributed by atoms with Crippen molar-refractivity contribution in [2.45, 2.75) is 11.4 Å². The molecule has 0 spiro atoms. The van der Waals surface area contributed by atoms with E-state index in [-0.39, 0.29) is 12.1 Å². The molecule has 0 aliphatic carbocycles. The van der Waals surface area contributed by atoms with E-state index in [1.807, 2.05) is 0 Å². The van der Waals surface area contributed by atoms with Crippen molar-refractivity contribution in [2.24, 2.45) is 5.73 Å². The fourth-order valence-corrected chi connectivity index (χ4v) is 2.53. The largest absolute Gasteiger partial charge is 0.326 e. The number of nitrogens with two attached hydrogens (primary N) is 1. The first-order valence-corrected chi connectivity index (χ1v) is 6.09. The lowest BCUT2D eigenvalue weighted by Gasteiger charge is -2.06. The Bertz CT molecular complexity index is 536. The van der Waals surface area contributed by atoms with Crippen molar-refractivity contribution in [3.8, 4) is 6.07 Å². The van der Waals surface area contributed by atoms with E-state index in [4.69, 9.17) is 21.7 Å². The monoisotopic (exact) mass is 248 g/mol. The Morgan fingerprint density at radius 3 is 2.53 bits per heavy atom. The average Bonchev–Trinajstić information content (AvgIpc) is 2.15. The van der Waals surface area contributed by atoms with Crippen LogP contribution in [0.2, 0.25) is 0 Å². The van der Waals surface area contributed by atoms with Crippen LogP contribution in [0.1, 0.15) is 11.1 Å². The van der Waals surface area contributed by atoms with Crippen molar-refractivity contribution in [1.29, 1.82) is 5.26 Å². The topological polar surface area (TPSA) is 83.9 Å². The molecular weight excluding hydrogens is 243 g/mol. The number of benzene rings is 1. The second-order valence-corrected chi connectivity index (χ2v) is 5.17. The van der Waals surface area contributed by atoms with Gasteiger partial charge in [-0.25, -0.2) is 12.8 Å². The van der Waals surface area contributed by atoms with E-state index in [9.17, 15) is 12.8 Å². The summed E-state index contributed by atoms with van der Waals surface area (Å²) in [5.41, 5.74) is 4.78. The molecule has 0 atom stereocenters. The number of hydrogen-bond donors (Lipinski definition) is 1. The Morgan fingerprint density at radius 2 is 2.13 bits per heavy atom. The number of nitrogens with zero attached hydrogens (tertiary/aromatic N) is 1. The summed E-state index contributed by atoms with van der Waals surface area (Å²) in [5.74, 6) is -0.936. The average molecular weight is 249 g/mol. The molecule has 0 fully saturated rings. The number of hydrogen-bond acceptors (Lipinski definition) is 4. The molecule has 0 aliphatic heterocycles. The normalized spacial score (nSPS) is 11.1. The van der Waals surface area contributed by atoms with E-state index in [0.29, 0.717) is 0 Å². The lowest BCUT2D eigenvalue weighted by molar-refractivity contribution is 0.597. The van der Waals surface area contributed by atoms with E-state index in [1.165, 1.54) is 12.1 Å². The van der Waals surface area contributed by atoms with E-state index in [1.54, 1.807) is 0 Å². The van der Waals surface area contributed by atoms with E-state index in [0.717, 1.165) is 6.07 Å². The van der Waals surface area contributed by atoms with Crippen LogP contribution in [0.4, 0.5) is 4.39 Å². The van der Waals surface area contributed by atoms with Crippen molar-refractivity contribution >= 4 is 19.7 Å². The highest BCUT2D eigenvalue weighted by atomic mass is 35.7. The molecule has 0 radical (unpaired) electrons. The summed E-state index contributed by atoms with van der Waals surface area (Å²) >= 11 is 0. The SMILES string of the molecule is N#Cc1c(F)ccc(CN)c1S(=O)(=O)Cl. The van der Waals surface area contributed by atoms with Gasteiger partial charge in [-0.3, -0.25) is 0 Å². The number of nitriles is 1. The summed E-state index contributed by atoms with van der Waals surface area (Å²) in [6.45, 7) is -0.143. The molecule has 1 rings (SSSR count). The minimum absolute atomic E-state index is 0.114. The maximum Gasteiger partial charge on any atom is 0.263 e. The molecule has 1 aromatic carbocycles. The lowest BCUT2D eigenvalue weighted by Crippen LogP contribution is -2.07. The molecule has 0 aromatic heterocycles. The Kier molecular flexibility index (Phi) is 3.29. The predicted octanol–water partition coefficient (Wildman–Crippen LogP) is 1.08. The highest BCUT2D eigenvalue weighted by Crippen LogP contribution is 2.25. The van der Waals surface area contributed by atoms with Crippen LogP contribution in [0, 0.1) is 17.1 Å². The zero-order valence-corrected chi connectivity index (χ0v) is 8.94. The van der Waals surface area contributed by atoms with Gasteiger partial charge < -0.3 is 5.73 Å². The summed E-state index contributed by atoms with van der Waals surface area (Å²) in [6.07, 6.45) is 0. The van der Waals surface area contributed by atoms with Crippen LogP contribution < -0.4 is 5.73 Å². The van der Waals surface area contributed by atoms with Gasteiger partial charge >= 0.3 is 0 Å². The van der Waals surface area contributed by atoms with Crippen LogP contribution in [-0.2, 0) is 15.6 Å². The van der Waals surface area contributed by atoms with Gasteiger partial charge in [0.2, 0.25) is 0 Å². The molecule has 7 heteroatoms. The van der Waals surface area contributed by atoms with Gasteiger partial charge in [-0.05, 0) is 11.6 Å². The first-order valence-electron chi connectivity index (χ1n) is 3.78. The Labute approximate surface area is 90.5 Å². The second kappa shape index (κ2) is 4.14. The van der Waals surface area contributed by atoms with Gasteiger partial charge in [-0.15, -0.1) is 0 Å². The molecule has 0 bridgehead atoms. The lowest BCUT2D eigenvalue weighted by atomic mass is 10.1. The smallest absolute Gasteiger partial charge is 0.263 e. The Hall–Kier alpha value is -1.16. The summed E-state index contributed by atoms with van der Waals surface area (Å²) in [6, 6.07) is 3.62. The van der Waals surface area contributed by atoms with Gasteiger partial charge in [0.25, 0.3) is 9.05 Å². The third-order valence-electron chi connectivity index (χ3n) is 1.76. The standard InChI is InChI=1S/C8H6ClFN2O2S/c9-15(13,14)8-5(3-11)1-2-7(10)6(8)4-12/h1-2H,3,11H2. The second-order valence-electron chi connectivity index (χ2n) is 2.66. The summed E-state index contributed by atoms with van der Waals surface area (Å²) in [7, 11) is 0.916. The molecule has 0 heterocycles. The molecule has 4 nitrogen and oxygen atoms in total. The van der Waals surface area contributed by atoms with Gasteiger partial charge in [-0.1, -0.05) is 6.07 Å². The molecule has 0 saturated carbocycles. The molecule has 1 aromatic rings. The fraction of sp³-hybridized carbons (Fsp3) is 0.125. The maximum atomic E-state index is 13.1. The van der Waals surface area contributed by atoms with Crippen LogP contribution in [0.3, 0.4) is 0 Å². The summed E-state index contributed by atoms with van der Waals surface area (Å²) < 4.78 is 35.4. The quantitative estimate of drug-likeness (QED) is 0.794. The minimum atomic E-state index is -4.18. The highest BCUT2D eigenvalue weighted by molar-refractivity contribution is 8.13. The zero-order chi connectivity index (χ0) is 11.6. The van der Waals surface area contributed by atoms with Gasteiger partial charge in [0.15, 0.2) is 0 Å². The highest BCUT2D eigenvalue weighted by Gasteiger charge is 2.22. The third-order valence-corrected chi connectivity index (χ3v) is 3.18. The number of halogens is 2. The molecule has 2 N–H and O–H groups in total. The molecule has 15 heavy (non-hydrogen) atoms.